The molecule has 122 valence electrons. The lowest BCUT2D eigenvalue weighted by Crippen LogP contribution is -1.90. The SMILES string of the molecule is Cc1ccc(-c2cc(C(=O)O)sc2-c2ccc(C)cc2C)c(C)c1. The Morgan fingerprint density at radius 3 is 1.83 bits per heavy atom. The van der Waals surface area contributed by atoms with E-state index in [1.54, 1.807) is 6.07 Å². The number of hydrogen-bond donors (Lipinski definition) is 1. The summed E-state index contributed by atoms with van der Waals surface area (Å²) >= 11 is 1.35. The van der Waals surface area contributed by atoms with Crippen molar-refractivity contribution < 1.29 is 9.90 Å². The maximum atomic E-state index is 11.5. The second-order valence-corrected chi connectivity index (χ2v) is 7.35. The zero-order valence-electron chi connectivity index (χ0n) is 14.3. The number of thiophene rings is 1. The number of aryl methyl sites for hydroxylation is 4. The van der Waals surface area contributed by atoms with Crippen LogP contribution in [0.3, 0.4) is 0 Å². The van der Waals surface area contributed by atoms with E-state index < -0.39 is 5.97 Å². The van der Waals surface area contributed by atoms with Gasteiger partial charge in [0.05, 0.1) is 0 Å². The zero-order chi connectivity index (χ0) is 17.4. The van der Waals surface area contributed by atoms with Gasteiger partial charge in [0.2, 0.25) is 0 Å². The number of carbonyl (C=O) groups is 1. The van der Waals surface area contributed by atoms with Crippen LogP contribution in [0.25, 0.3) is 21.6 Å². The number of carboxylic acids is 1. The number of carboxylic acid groups (broad SMARTS) is 1. The second kappa shape index (κ2) is 6.25. The molecule has 0 aliphatic heterocycles. The van der Waals surface area contributed by atoms with Crippen LogP contribution in [-0.2, 0) is 0 Å². The van der Waals surface area contributed by atoms with Crippen molar-refractivity contribution in [1.82, 2.24) is 0 Å². The normalized spacial score (nSPS) is 10.8. The van der Waals surface area contributed by atoms with Crippen molar-refractivity contribution in [2.75, 3.05) is 0 Å². The third-order valence-corrected chi connectivity index (χ3v) is 5.40. The van der Waals surface area contributed by atoms with Crippen LogP contribution in [0.4, 0.5) is 0 Å². The lowest BCUT2D eigenvalue weighted by molar-refractivity contribution is 0.0702. The molecule has 2 nitrogen and oxygen atoms in total. The highest BCUT2D eigenvalue weighted by molar-refractivity contribution is 7.18. The van der Waals surface area contributed by atoms with E-state index >= 15 is 0 Å². The van der Waals surface area contributed by atoms with Crippen LogP contribution >= 0.6 is 11.3 Å². The fourth-order valence-corrected chi connectivity index (χ4v) is 4.18. The Balaban J connectivity index is 2.27. The summed E-state index contributed by atoms with van der Waals surface area (Å²) in [6.45, 7) is 8.29. The van der Waals surface area contributed by atoms with Crippen molar-refractivity contribution in [1.29, 1.82) is 0 Å². The summed E-state index contributed by atoms with van der Waals surface area (Å²) in [6, 6.07) is 14.4. The second-order valence-electron chi connectivity index (χ2n) is 6.30. The van der Waals surface area contributed by atoms with E-state index in [-0.39, 0.29) is 0 Å². The largest absolute Gasteiger partial charge is 0.477 e. The van der Waals surface area contributed by atoms with Crippen molar-refractivity contribution >= 4 is 17.3 Å². The summed E-state index contributed by atoms with van der Waals surface area (Å²) in [4.78, 5) is 12.9. The van der Waals surface area contributed by atoms with Crippen molar-refractivity contribution in [2.24, 2.45) is 0 Å². The van der Waals surface area contributed by atoms with Gasteiger partial charge in [-0.25, -0.2) is 4.79 Å². The van der Waals surface area contributed by atoms with Crippen LogP contribution < -0.4 is 0 Å². The van der Waals surface area contributed by atoms with E-state index in [4.69, 9.17) is 0 Å². The minimum Gasteiger partial charge on any atom is -0.477 e. The van der Waals surface area contributed by atoms with Gasteiger partial charge in [0.1, 0.15) is 4.88 Å². The molecule has 1 N–H and O–H groups in total. The Hall–Kier alpha value is -2.39. The molecule has 3 rings (SSSR count). The lowest BCUT2D eigenvalue weighted by atomic mass is 9.95. The minimum absolute atomic E-state index is 0.375. The maximum Gasteiger partial charge on any atom is 0.345 e. The first-order valence-electron chi connectivity index (χ1n) is 7.89. The predicted octanol–water partition coefficient (Wildman–Crippen LogP) is 6.01. The Morgan fingerprint density at radius 2 is 1.33 bits per heavy atom. The van der Waals surface area contributed by atoms with Crippen molar-refractivity contribution in [3.8, 4) is 21.6 Å². The van der Waals surface area contributed by atoms with Gasteiger partial charge in [-0.2, -0.15) is 0 Å². The smallest absolute Gasteiger partial charge is 0.345 e. The number of hydrogen-bond acceptors (Lipinski definition) is 2. The third-order valence-electron chi connectivity index (χ3n) is 4.24. The molecule has 0 spiro atoms. The van der Waals surface area contributed by atoms with Gasteiger partial charge in [0, 0.05) is 10.4 Å². The number of rotatable bonds is 3. The van der Waals surface area contributed by atoms with E-state index in [1.807, 2.05) is 0 Å². The maximum absolute atomic E-state index is 11.5. The van der Waals surface area contributed by atoms with E-state index in [2.05, 4.69) is 64.1 Å². The van der Waals surface area contributed by atoms with Crippen LogP contribution in [0, 0.1) is 27.7 Å². The van der Waals surface area contributed by atoms with Gasteiger partial charge in [-0.15, -0.1) is 11.3 Å². The van der Waals surface area contributed by atoms with Gasteiger partial charge >= 0.3 is 5.97 Å². The van der Waals surface area contributed by atoms with Crippen LogP contribution in [0.15, 0.2) is 42.5 Å². The summed E-state index contributed by atoms with van der Waals surface area (Å²) < 4.78 is 0. The molecular weight excluding hydrogens is 316 g/mol. The molecule has 0 amide bonds. The quantitative estimate of drug-likeness (QED) is 0.635. The molecule has 0 radical (unpaired) electrons. The average Bonchev–Trinajstić information content (AvgIpc) is 2.92. The van der Waals surface area contributed by atoms with Crippen LogP contribution in [-0.4, -0.2) is 11.1 Å². The molecule has 3 heteroatoms. The molecule has 1 heterocycles. The average molecular weight is 336 g/mol. The Bertz CT molecular complexity index is 866. The topological polar surface area (TPSA) is 37.3 Å². The number of benzene rings is 2. The standard InChI is InChI=1S/C21H20O2S/c1-12-5-7-16(14(3)9-12)18-11-19(21(22)23)24-20(18)17-8-6-13(2)10-15(17)4/h5-11H,1-4H3,(H,22,23). The Labute approximate surface area is 146 Å². The van der Waals surface area contributed by atoms with Gasteiger partial charge in [-0.05, 0) is 56.0 Å². The van der Waals surface area contributed by atoms with Gasteiger partial charge in [-0.1, -0.05) is 47.5 Å². The van der Waals surface area contributed by atoms with Crippen LogP contribution in [0.1, 0.15) is 31.9 Å². The molecular formula is C21H20O2S. The molecule has 0 saturated heterocycles. The molecule has 0 unspecified atom stereocenters. The molecule has 24 heavy (non-hydrogen) atoms. The molecule has 0 atom stereocenters. The van der Waals surface area contributed by atoms with E-state index in [1.165, 1.54) is 28.0 Å². The molecule has 0 saturated carbocycles. The number of aromatic carboxylic acids is 1. The summed E-state index contributed by atoms with van der Waals surface area (Å²) in [6.07, 6.45) is 0. The van der Waals surface area contributed by atoms with E-state index in [0.717, 1.165) is 27.1 Å². The molecule has 0 aliphatic rings. The molecule has 1 aromatic heterocycles. The van der Waals surface area contributed by atoms with E-state index in [0.29, 0.717) is 4.88 Å². The monoisotopic (exact) mass is 336 g/mol. The first-order chi connectivity index (χ1) is 11.4. The minimum atomic E-state index is -0.873. The van der Waals surface area contributed by atoms with Crippen molar-refractivity contribution in [2.45, 2.75) is 27.7 Å². The van der Waals surface area contributed by atoms with Gasteiger partial charge in [-0.3, -0.25) is 0 Å². The van der Waals surface area contributed by atoms with Gasteiger partial charge in [0.25, 0.3) is 0 Å². The molecule has 2 aromatic carbocycles. The Morgan fingerprint density at radius 1 is 0.792 bits per heavy atom. The van der Waals surface area contributed by atoms with Crippen LogP contribution in [0.2, 0.25) is 0 Å². The molecule has 3 aromatic rings. The third kappa shape index (κ3) is 3.00. The molecule has 0 fully saturated rings. The van der Waals surface area contributed by atoms with Crippen molar-refractivity contribution in [3.63, 3.8) is 0 Å². The lowest BCUT2D eigenvalue weighted by Gasteiger charge is -2.11. The van der Waals surface area contributed by atoms with Gasteiger partial charge < -0.3 is 5.11 Å². The van der Waals surface area contributed by atoms with Gasteiger partial charge in [0.15, 0.2) is 0 Å². The molecule has 0 aliphatic carbocycles. The fourth-order valence-electron chi connectivity index (χ4n) is 3.08. The first kappa shape index (κ1) is 16.5. The molecule has 0 bridgehead atoms. The zero-order valence-corrected chi connectivity index (χ0v) is 15.1. The summed E-state index contributed by atoms with van der Waals surface area (Å²) in [5.74, 6) is -0.873. The van der Waals surface area contributed by atoms with Crippen LogP contribution in [0.5, 0.6) is 0 Å². The van der Waals surface area contributed by atoms with Crippen molar-refractivity contribution in [3.05, 3.63) is 69.6 Å². The highest BCUT2D eigenvalue weighted by Gasteiger charge is 2.19. The Kier molecular flexibility index (Phi) is 4.29. The predicted molar refractivity (Wildman–Crippen MR) is 101 cm³/mol. The highest BCUT2D eigenvalue weighted by Crippen LogP contribution is 2.42. The highest BCUT2D eigenvalue weighted by atomic mass is 32.1. The summed E-state index contributed by atoms with van der Waals surface area (Å²) in [5, 5.41) is 9.45. The van der Waals surface area contributed by atoms with E-state index in [9.17, 15) is 9.90 Å². The summed E-state index contributed by atoms with van der Waals surface area (Å²) in [7, 11) is 0. The fraction of sp³-hybridized carbons (Fsp3) is 0.190. The first-order valence-corrected chi connectivity index (χ1v) is 8.71. The summed E-state index contributed by atoms with van der Waals surface area (Å²) in [5.41, 5.74) is 7.95.